The van der Waals surface area contributed by atoms with Crippen molar-refractivity contribution in [1.82, 2.24) is 9.80 Å². The number of hydrogen-bond acceptors (Lipinski definition) is 3. The average Bonchev–Trinajstić information content (AvgIpc) is 2.91. The Kier molecular flexibility index (Phi) is 7.27. The molecule has 1 saturated heterocycles. The van der Waals surface area contributed by atoms with E-state index in [-0.39, 0.29) is 0 Å². The van der Waals surface area contributed by atoms with Gasteiger partial charge in [0.2, 0.25) is 0 Å². The van der Waals surface area contributed by atoms with Crippen LogP contribution in [0.15, 0.2) is 109 Å². The highest BCUT2D eigenvalue weighted by Gasteiger charge is 2.26. The van der Waals surface area contributed by atoms with Gasteiger partial charge in [0, 0.05) is 52.5 Å². The molecule has 1 aliphatic heterocycles. The second-order valence-corrected chi connectivity index (χ2v) is 9.68. The van der Waals surface area contributed by atoms with Crippen LogP contribution in [0.3, 0.4) is 0 Å². The summed E-state index contributed by atoms with van der Waals surface area (Å²) in [7, 11) is 4.16. The Morgan fingerprint density at radius 1 is 0.629 bits per heavy atom. The van der Waals surface area contributed by atoms with E-state index in [1.165, 1.54) is 33.5 Å². The quantitative estimate of drug-likeness (QED) is 0.319. The Morgan fingerprint density at radius 3 is 1.80 bits per heavy atom. The molecule has 0 bridgehead atoms. The average molecular weight is 462 g/mol. The fourth-order valence-electron chi connectivity index (χ4n) is 5.12. The van der Waals surface area contributed by atoms with Crippen LogP contribution in [-0.4, -0.2) is 50.1 Å². The van der Waals surface area contributed by atoms with Gasteiger partial charge in [-0.05, 0) is 46.0 Å². The first kappa shape index (κ1) is 23.3. The standard InChI is InChI=1S/C32H35N3/c1-33(2)31-18-16-27(17-19-31)30-15-9-10-26(24-30)25-34-20-22-35(23-21-34)32(28-11-5-3-6-12-28)29-13-7-4-8-14-29/h3-19,24,32H,20-23,25H2,1-2H3. The molecule has 1 fully saturated rings. The van der Waals surface area contributed by atoms with Gasteiger partial charge < -0.3 is 4.90 Å². The zero-order valence-electron chi connectivity index (χ0n) is 20.8. The summed E-state index contributed by atoms with van der Waals surface area (Å²) in [6, 6.07) is 40.1. The Morgan fingerprint density at radius 2 is 1.23 bits per heavy atom. The van der Waals surface area contributed by atoms with Crippen LogP contribution < -0.4 is 4.90 Å². The lowest BCUT2D eigenvalue weighted by atomic mass is 9.96. The smallest absolute Gasteiger partial charge is 0.0602 e. The van der Waals surface area contributed by atoms with E-state index in [2.05, 4.69) is 138 Å². The van der Waals surface area contributed by atoms with Gasteiger partial charge in [0.25, 0.3) is 0 Å². The highest BCUT2D eigenvalue weighted by atomic mass is 15.3. The van der Waals surface area contributed by atoms with Crippen molar-refractivity contribution in [1.29, 1.82) is 0 Å². The van der Waals surface area contributed by atoms with E-state index in [1.807, 2.05) is 0 Å². The van der Waals surface area contributed by atoms with Crippen LogP contribution in [0.25, 0.3) is 11.1 Å². The molecule has 4 aromatic rings. The van der Waals surface area contributed by atoms with Gasteiger partial charge in [0.1, 0.15) is 0 Å². The van der Waals surface area contributed by atoms with Crippen LogP contribution in [0.2, 0.25) is 0 Å². The molecule has 3 heteroatoms. The molecule has 35 heavy (non-hydrogen) atoms. The van der Waals surface area contributed by atoms with Crippen LogP contribution in [0, 0.1) is 0 Å². The summed E-state index contributed by atoms with van der Waals surface area (Å²) in [5.41, 5.74) is 7.93. The van der Waals surface area contributed by atoms with Crippen molar-refractivity contribution >= 4 is 5.69 Å². The number of nitrogens with zero attached hydrogens (tertiary/aromatic N) is 3. The topological polar surface area (TPSA) is 9.72 Å². The number of benzene rings is 4. The van der Waals surface area contributed by atoms with Crippen LogP contribution >= 0.6 is 0 Å². The van der Waals surface area contributed by atoms with E-state index >= 15 is 0 Å². The molecule has 0 unspecified atom stereocenters. The van der Waals surface area contributed by atoms with Gasteiger partial charge in [-0.25, -0.2) is 0 Å². The van der Waals surface area contributed by atoms with Gasteiger partial charge >= 0.3 is 0 Å². The van der Waals surface area contributed by atoms with Crippen molar-refractivity contribution in [2.24, 2.45) is 0 Å². The van der Waals surface area contributed by atoms with Crippen molar-refractivity contribution in [3.05, 3.63) is 126 Å². The lowest BCUT2D eigenvalue weighted by molar-refractivity contribution is 0.105. The van der Waals surface area contributed by atoms with Crippen LogP contribution in [0.5, 0.6) is 0 Å². The van der Waals surface area contributed by atoms with E-state index < -0.39 is 0 Å². The third-order valence-corrected chi connectivity index (χ3v) is 7.05. The van der Waals surface area contributed by atoms with E-state index in [4.69, 9.17) is 0 Å². The number of anilines is 1. The first-order valence-corrected chi connectivity index (χ1v) is 12.6. The molecule has 0 amide bonds. The summed E-state index contributed by atoms with van der Waals surface area (Å²) in [6.45, 7) is 5.30. The Balaban J connectivity index is 1.26. The molecule has 4 aromatic carbocycles. The molecule has 0 aromatic heterocycles. The number of hydrogen-bond donors (Lipinski definition) is 0. The van der Waals surface area contributed by atoms with E-state index in [1.54, 1.807) is 0 Å². The van der Waals surface area contributed by atoms with Crippen molar-refractivity contribution in [3.8, 4) is 11.1 Å². The zero-order valence-corrected chi connectivity index (χ0v) is 20.8. The SMILES string of the molecule is CN(C)c1ccc(-c2cccc(CN3CCN(C(c4ccccc4)c4ccccc4)CC3)c2)cc1. The third kappa shape index (κ3) is 5.64. The van der Waals surface area contributed by atoms with E-state index in [9.17, 15) is 0 Å². The minimum atomic E-state index is 0.313. The highest BCUT2D eigenvalue weighted by Crippen LogP contribution is 2.30. The molecule has 1 heterocycles. The van der Waals surface area contributed by atoms with Crippen molar-refractivity contribution in [2.45, 2.75) is 12.6 Å². The monoisotopic (exact) mass is 461 g/mol. The number of rotatable bonds is 7. The zero-order chi connectivity index (χ0) is 24.0. The van der Waals surface area contributed by atoms with Crippen LogP contribution in [0.1, 0.15) is 22.7 Å². The molecule has 0 spiro atoms. The van der Waals surface area contributed by atoms with Crippen molar-refractivity contribution < 1.29 is 0 Å². The Labute approximate surface area is 210 Å². The molecular weight excluding hydrogens is 426 g/mol. The van der Waals surface area contributed by atoms with E-state index in [0.717, 1.165) is 32.7 Å². The second-order valence-electron chi connectivity index (χ2n) is 9.68. The molecule has 1 aliphatic rings. The summed E-state index contributed by atoms with van der Waals surface area (Å²) in [5, 5.41) is 0. The summed E-state index contributed by atoms with van der Waals surface area (Å²) in [5.74, 6) is 0. The Hall–Kier alpha value is -3.40. The van der Waals surface area contributed by atoms with E-state index in [0.29, 0.717) is 6.04 Å². The first-order valence-electron chi connectivity index (χ1n) is 12.6. The van der Waals surface area contributed by atoms with Gasteiger partial charge in [-0.1, -0.05) is 91.0 Å². The molecule has 3 nitrogen and oxygen atoms in total. The summed E-state index contributed by atoms with van der Waals surface area (Å²) >= 11 is 0. The second kappa shape index (κ2) is 10.9. The molecule has 0 saturated carbocycles. The summed E-state index contributed by atoms with van der Waals surface area (Å²) in [6.07, 6.45) is 0. The molecule has 178 valence electrons. The Bertz CT molecular complexity index is 1160. The van der Waals surface area contributed by atoms with Crippen molar-refractivity contribution in [2.75, 3.05) is 45.2 Å². The summed E-state index contributed by atoms with van der Waals surface area (Å²) in [4.78, 5) is 7.38. The third-order valence-electron chi connectivity index (χ3n) is 7.05. The normalized spacial score (nSPS) is 14.8. The lowest BCUT2D eigenvalue weighted by Crippen LogP contribution is -2.47. The lowest BCUT2D eigenvalue weighted by Gasteiger charge is -2.40. The van der Waals surface area contributed by atoms with Gasteiger partial charge in [0.15, 0.2) is 0 Å². The van der Waals surface area contributed by atoms with Crippen LogP contribution in [-0.2, 0) is 6.54 Å². The van der Waals surface area contributed by atoms with Gasteiger partial charge in [-0.15, -0.1) is 0 Å². The van der Waals surface area contributed by atoms with Crippen molar-refractivity contribution in [3.63, 3.8) is 0 Å². The summed E-state index contributed by atoms with van der Waals surface area (Å²) < 4.78 is 0. The fraction of sp³-hybridized carbons (Fsp3) is 0.250. The highest BCUT2D eigenvalue weighted by molar-refractivity contribution is 5.66. The van der Waals surface area contributed by atoms with Gasteiger partial charge in [0.05, 0.1) is 6.04 Å². The minimum Gasteiger partial charge on any atom is -0.378 e. The molecule has 5 rings (SSSR count). The van der Waals surface area contributed by atoms with Gasteiger partial charge in [-0.2, -0.15) is 0 Å². The minimum absolute atomic E-state index is 0.313. The largest absolute Gasteiger partial charge is 0.378 e. The maximum atomic E-state index is 2.64. The maximum absolute atomic E-state index is 2.64. The predicted octanol–water partition coefficient (Wildman–Crippen LogP) is 6.33. The molecule has 0 aliphatic carbocycles. The predicted molar refractivity (Wildman–Crippen MR) is 148 cm³/mol. The molecule has 0 radical (unpaired) electrons. The number of piperazine rings is 1. The first-order chi connectivity index (χ1) is 17.2. The maximum Gasteiger partial charge on any atom is 0.0602 e. The van der Waals surface area contributed by atoms with Crippen LogP contribution in [0.4, 0.5) is 5.69 Å². The molecule has 0 atom stereocenters. The fourth-order valence-corrected chi connectivity index (χ4v) is 5.12. The molecule has 0 N–H and O–H groups in total. The van der Waals surface area contributed by atoms with Gasteiger partial charge in [-0.3, -0.25) is 9.80 Å². The molecular formula is C32H35N3.